The van der Waals surface area contributed by atoms with E-state index < -0.39 is 0 Å². The van der Waals surface area contributed by atoms with Crippen LogP contribution in [0.5, 0.6) is 0 Å². The van der Waals surface area contributed by atoms with Crippen LogP contribution >= 0.6 is 0 Å². The van der Waals surface area contributed by atoms with Crippen LogP contribution in [-0.4, -0.2) is 0 Å². The summed E-state index contributed by atoms with van der Waals surface area (Å²) in [6.45, 7) is 0. The largest absolute Gasteiger partial charge is 0.0622 e. The van der Waals surface area contributed by atoms with Crippen molar-refractivity contribution in [3.8, 4) is 66.8 Å². The maximum atomic E-state index is 2.44. The molecule has 27 aromatic rings. The molecule has 0 nitrogen and oxygen atoms in total. The second-order valence-corrected chi connectivity index (χ2v) is 33.9. The predicted octanol–water partition coefficient (Wildman–Crippen LogP) is 35.8. The summed E-state index contributed by atoms with van der Waals surface area (Å²) >= 11 is 0. The summed E-state index contributed by atoms with van der Waals surface area (Å²) in [4.78, 5) is 0. The third-order valence-corrected chi connectivity index (χ3v) is 27.0. The Labute approximate surface area is 728 Å². The predicted molar refractivity (Wildman–Crippen MR) is 547 cm³/mol. The lowest BCUT2D eigenvalue weighted by Gasteiger charge is -2.17. The lowest BCUT2D eigenvalue weighted by Crippen LogP contribution is -1.90. The summed E-state index contributed by atoms with van der Waals surface area (Å²) in [5.41, 5.74) is 15.0. The van der Waals surface area contributed by atoms with Crippen LogP contribution in [0, 0.1) is 0 Å². The van der Waals surface area contributed by atoms with Crippen molar-refractivity contribution in [1.82, 2.24) is 0 Å². The Hall–Kier alpha value is -16.4. The maximum Gasteiger partial charge on any atom is -0.00137 e. The molecule has 0 unspecified atom stereocenters. The topological polar surface area (TPSA) is 0 Å². The van der Waals surface area contributed by atoms with Crippen molar-refractivity contribution in [2.24, 2.45) is 0 Å². The summed E-state index contributed by atoms with van der Waals surface area (Å²) in [6, 6.07) is 174. The zero-order chi connectivity index (χ0) is 82.9. The second-order valence-electron chi connectivity index (χ2n) is 33.9. The minimum atomic E-state index is 1.23. The van der Waals surface area contributed by atoms with Gasteiger partial charge in [0.25, 0.3) is 0 Å². The van der Waals surface area contributed by atoms with Gasteiger partial charge in [0.05, 0.1) is 0 Å². The van der Waals surface area contributed by atoms with Crippen molar-refractivity contribution in [1.29, 1.82) is 0 Å². The van der Waals surface area contributed by atoms with Crippen molar-refractivity contribution in [3.05, 3.63) is 473 Å². The van der Waals surface area contributed by atoms with E-state index in [4.69, 9.17) is 0 Å². The van der Waals surface area contributed by atoms with Crippen LogP contribution in [0.3, 0.4) is 0 Å². The first-order chi connectivity index (χ1) is 62.5. The first kappa shape index (κ1) is 72.4. The molecule has 0 bridgehead atoms. The third kappa shape index (κ3) is 12.0. The van der Waals surface area contributed by atoms with Gasteiger partial charge < -0.3 is 0 Å². The lowest BCUT2D eigenvalue weighted by molar-refractivity contribution is 1.62. The standard InChI is InChI=1S/3C42H26/c1-2-12-31-28(10-1)11-9-19-32(31)29-22-20-27(21-23-29)30-24-25-36-35-15-5-7-17-38(35)41-37-16-6-3-13-33(37)34-14-4-8-18-39(34)42(41)40(36)26-30;1-2-10-27(11-3-1)30-20-18-28-19-21-31(25-32(28)24-30)39-26-40-35-15-7-9-17-37(35)41-33-13-5-4-12-29(33)22-23-38(41)42(40)36-16-8-6-14-34(36)39;1-2-10-27(11-3-1)31-20-18-28-19-21-32(23-33(28)22-31)38-26-41-35-15-7-6-14-34(35)39-24-29-12-4-5-13-30(29)25-40(39)42(41)37-17-9-8-16-36(37)38/h3*1-26H. The van der Waals surface area contributed by atoms with Crippen LogP contribution in [0.2, 0.25) is 0 Å². The number of rotatable bonds is 6. The fourth-order valence-electron chi connectivity index (χ4n) is 21.1. The van der Waals surface area contributed by atoms with Crippen molar-refractivity contribution < 1.29 is 0 Å². The van der Waals surface area contributed by atoms with E-state index in [1.54, 1.807) is 0 Å². The van der Waals surface area contributed by atoms with E-state index >= 15 is 0 Å². The zero-order valence-electron chi connectivity index (χ0n) is 69.0. The monoisotopic (exact) mass is 1590 g/mol. The molecule has 0 saturated heterocycles. The highest BCUT2D eigenvalue weighted by Gasteiger charge is 2.22. The molecule has 0 N–H and O–H groups in total. The van der Waals surface area contributed by atoms with Crippen molar-refractivity contribution >= 4 is 194 Å². The molecule has 0 aromatic heterocycles. The molecule has 0 aliphatic heterocycles. The highest BCUT2D eigenvalue weighted by atomic mass is 14.3. The minimum Gasteiger partial charge on any atom is -0.0622 e. The van der Waals surface area contributed by atoms with Gasteiger partial charge in [-0.1, -0.05) is 419 Å². The molecule has 126 heavy (non-hydrogen) atoms. The lowest BCUT2D eigenvalue weighted by atomic mass is 9.86. The average molecular weight is 1590 g/mol. The van der Waals surface area contributed by atoms with E-state index in [2.05, 4.69) is 473 Å². The fourth-order valence-corrected chi connectivity index (χ4v) is 21.1. The summed E-state index contributed by atoms with van der Waals surface area (Å²) in [5, 5.41) is 46.8. The Morgan fingerprint density at radius 3 is 0.857 bits per heavy atom. The Morgan fingerprint density at radius 2 is 0.349 bits per heavy atom. The molecule has 0 saturated carbocycles. The van der Waals surface area contributed by atoms with Crippen LogP contribution in [0.15, 0.2) is 473 Å². The summed E-state index contributed by atoms with van der Waals surface area (Å²) < 4.78 is 0. The molecule has 0 amide bonds. The van der Waals surface area contributed by atoms with Crippen molar-refractivity contribution in [2.75, 3.05) is 0 Å². The van der Waals surface area contributed by atoms with E-state index in [1.165, 1.54) is 261 Å². The molecule has 582 valence electrons. The third-order valence-electron chi connectivity index (χ3n) is 27.0. The van der Waals surface area contributed by atoms with Crippen molar-refractivity contribution in [2.45, 2.75) is 0 Å². The minimum absolute atomic E-state index is 1.23. The summed E-state index contributed by atoms with van der Waals surface area (Å²) in [5.74, 6) is 0. The molecule has 0 radical (unpaired) electrons. The average Bonchev–Trinajstić information content (AvgIpc) is 0.706. The fraction of sp³-hybridized carbons (Fsp3) is 0. The smallest absolute Gasteiger partial charge is 0.00137 e. The van der Waals surface area contributed by atoms with Gasteiger partial charge in [-0.2, -0.15) is 0 Å². The van der Waals surface area contributed by atoms with E-state index in [9.17, 15) is 0 Å². The van der Waals surface area contributed by atoms with Crippen LogP contribution in [0.1, 0.15) is 0 Å². The van der Waals surface area contributed by atoms with Gasteiger partial charge in [-0.3, -0.25) is 0 Å². The normalized spacial score (nSPS) is 11.8. The number of benzene rings is 27. The van der Waals surface area contributed by atoms with E-state index in [0.29, 0.717) is 0 Å². The second kappa shape index (κ2) is 29.8. The van der Waals surface area contributed by atoms with E-state index in [0.717, 1.165) is 0 Å². The van der Waals surface area contributed by atoms with Gasteiger partial charge in [0.15, 0.2) is 0 Å². The van der Waals surface area contributed by atoms with E-state index in [1.807, 2.05) is 0 Å². The van der Waals surface area contributed by atoms with Gasteiger partial charge in [-0.05, 0) is 315 Å². The van der Waals surface area contributed by atoms with Gasteiger partial charge in [0.1, 0.15) is 0 Å². The van der Waals surface area contributed by atoms with Gasteiger partial charge in [0.2, 0.25) is 0 Å². The van der Waals surface area contributed by atoms with Crippen molar-refractivity contribution in [3.63, 3.8) is 0 Å². The molecule has 0 heteroatoms. The molecule has 0 heterocycles. The first-order valence-corrected chi connectivity index (χ1v) is 43.8. The molecule has 0 aliphatic carbocycles. The van der Waals surface area contributed by atoms with E-state index in [-0.39, 0.29) is 0 Å². The van der Waals surface area contributed by atoms with Crippen LogP contribution < -0.4 is 0 Å². The number of fused-ring (bicyclic) bond motifs is 33. The number of hydrogen-bond donors (Lipinski definition) is 0. The molecular weight excluding hydrogens is 1510 g/mol. The van der Waals surface area contributed by atoms with Crippen LogP contribution in [0.4, 0.5) is 0 Å². The molecule has 0 atom stereocenters. The molecule has 27 aromatic carbocycles. The SMILES string of the molecule is c1ccc(-c2ccc3ccc(-c4cc5c6ccccc6c6c7ccccc7ccc6c5c5ccccc45)cc3c2)cc1.c1ccc(-c2ccc3ccc(-c4cc5c6ccccc6c6cc7ccccc7cc6c5c5ccccc45)cc3c2)cc1.c1ccc2c(-c3ccc(-c4ccc5c6ccccc6c6c7ccccc7c7ccccc7c6c5c4)cc3)cccc2c1. The Morgan fingerprint density at radius 1 is 0.0794 bits per heavy atom. The zero-order valence-corrected chi connectivity index (χ0v) is 69.0. The van der Waals surface area contributed by atoms with Crippen LogP contribution in [-0.2, 0) is 0 Å². The molecule has 0 aliphatic rings. The van der Waals surface area contributed by atoms with Gasteiger partial charge in [-0.25, -0.2) is 0 Å². The molecule has 0 fully saturated rings. The quantitative estimate of drug-likeness (QED) is 0.115. The maximum absolute atomic E-state index is 2.44. The summed E-state index contributed by atoms with van der Waals surface area (Å²) in [6.07, 6.45) is 0. The highest BCUT2D eigenvalue weighted by molar-refractivity contribution is 6.41. The van der Waals surface area contributed by atoms with Gasteiger partial charge in [0, 0.05) is 0 Å². The summed E-state index contributed by atoms with van der Waals surface area (Å²) in [7, 11) is 0. The number of hydrogen-bond acceptors (Lipinski definition) is 0. The Bertz CT molecular complexity index is 8960. The van der Waals surface area contributed by atoms with Crippen LogP contribution in [0.25, 0.3) is 261 Å². The molecule has 0 spiro atoms. The van der Waals surface area contributed by atoms with Gasteiger partial charge in [-0.15, -0.1) is 0 Å². The van der Waals surface area contributed by atoms with Gasteiger partial charge >= 0.3 is 0 Å². The Kier molecular flexibility index (Phi) is 17.1. The Balaban J connectivity index is 0.000000103. The molecular formula is C126H78. The highest BCUT2D eigenvalue weighted by Crippen LogP contribution is 2.50. The molecule has 27 rings (SSSR count). The first-order valence-electron chi connectivity index (χ1n) is 43.8.